The minimum Gasteiger partial charge on any atom is -0.386 e. The lowest BCUT2D eigenvalue weighted by atomic mass is 9.95. The van der Waals surface area contributed by atoms with E-state index < -0.39 is 17.8 Å². The molecular formula is C22H22F3N3O. The van der Waals surface area contributed by atoms with Crippen molar-refractivity contribution < 1.29 is 18.3 Å². The minimum atomic E-state index is -4.37. The summed E-state index contributed by atoms with van der Waals surface area (Å²) >= 11 is 0. The van der Waals surface area contributed by atoms with E-state index in [1.54, 1.807) is 24.5 Å². The number of rotatable bonds is 3. The Bertz CT molecular complexity index is 1040. The van der Waals surface area contributed by atoms with Crippen molar-refractivity contribution in [1.82, 2.24) is 14.5 Å². The maximum atomic E-state index is 13.4. The molecule has 2 unspecified atom stereocenters. The van der Waals surface area contributed by atoms with Gasteiger partial charge in [0.2, 0.25) is 0 Å². The van der Waals surface area contributed by atoms with Gasteiger partial charge in [-0.15, -0.1) is 0 Å². The summed E-state index contributed by atoms with van der Waals surface area (Å²) in [5.41, 5.74) is 2.93. The van der Waals surface area contributed by atoms with Crippen LogP contribution in [0.5, 0.6) is 0 Å². The lowest BCUT2D eigenvalue weighted by Gasteiger charge is -2.31. The normalized spacial score (nSPS) is 20.6. The molecule has 29 heavy (non-hydrogen) atoms. The average Bonchev–Trinajstić information content (AvgIpc) is 3.30. The number of aliphatic hydroxyl groups is 1. The Morgan fingerprint density at radius 2 is 2.07 bits per heavy atom. The molecule has 0 saturated carbocycles. The number of hydrogen-bond acceptors (Lipinski definition) is 3. The summed E-state index contributed by atoms with van der Waals surface area (Å²) in [6.07, 6.45) is 0.943. The highest BCUT2D eigenvalue weighted by Gasteiger charge is 2.37. The molecule has 3 aromatic rings. The van der Waals surface area contributed by atoms with Gasteiger partial charge in [-0.25, -0.2) is 0 Å². The van der Waals surface area contributed by atoms with Crippen LogP contribution in [0.1, 0.15) is 47.4 Å². The fourth-order valence-electron chi connectivity index (χ4n) is 4.98. The predicted molar refractivity (Wildman–Crippen MR) is 103 cm³/mol. The molecule has 2 aliphatic rings. The molecule has 0 radical (unpaired) electrons. The number of aliphatic hydroxyl groups excluding tert-OH is 1. The van der Waals surface area contributed by atoms with Gasteiger partial charge in [-0.1, -0.05) is 6.07 Å². The molecule has 7 heteroatoms. The molecular weight excluding hydrogens is 379 g/mol. The molecule has 4 nitrogen and oxygen atoms in total. The summed E-state index contributed by atoms with van der Waals surface area (Å²) in [6.45, 7) is 2.20. The van der Waals surface area contributed by atoms with Crippen LogP contribution in [-0.4, -0.2) is 32.6 Å². The van der Waals surface area contributed by atoms with Crippen LogP contribution in [0.15, 0.2) is 42.7 Å². The van der Waals surface area contributed by atoms with Gasteiger partial charge >= 0.3 is 6.18 Å². The molecule has 0 aliphatic carbocycles. The Morgan fingerprint density at radius 3 is 2.83 bits per heavy atom. The SMILES string of the molecule is OC(Cn1c2c(c3cc(C(F)(F)F)ccc31)C1CCCN1CC2)c1cccnc1. The quantitative estimate of drug-likeness (QED) is 0.704. The minimum absolute atomic E-state index is 0.168. The first-order valence-corrected chi connectivity index (χ1v) is 9.98. The van der Waals surface area contributed by atoms with Crippen LogP contribution in [0.25, 0.3) is 10.9 Å². The molecule has 1 saturated heterocycles. The van der Waals surface area contributed by atoms with Crippen LogP contribution in [0.4, 0.5) is 13.2 Å². The molecule has 152 valence electrons. The van der Waals surface area contributed by atoms with Gasteiger partial charge in [0, 0.05) is 53.6 Å². The van der Waals surface area contributed by atoms with Gasteiger partial charge in [-0.3, -0.25) is 9.88 Å². The van der Waals surface area contributed by atoms with Crippen molar-refractivity contribution >= 4 is 10.9 Å². The average molecular weight is 401 g/mol. The van der Waals surface area contributed by atoms with E-state index in [-0.39, 0.29) is 6.04 Å². The number of benzene rings is 1. The van der Waals surface area contributed by atoms with E-state index in [0.29, 0.717) is 17.5 Å². The van der Waals surface area contributed by atoms with Gasteiger partial charge in [0.25, 0.3) is 0 Å². The van der Waals surface area contributed by atoms with Crippen molar-refractivity contribution in [3.63, 3.8) is 0 Å². The highest BCUT2D eigenvalue weighted by molar-refractivity contribution is 5.87. The molecule has 5 rings (SSSR count). The summed E-state index contributed by atoms with van der Waals surface area (Å²) in [6, 6.07) is 7.76. The molecule has 1 N–H and O–H groups in total. The zero-order valence-electron chi connectivity index (χ0n) is 15.9. The number of hydrogen-bond donors (Lipinski definition) is 1. The molecule has 4 heterocycles. The van der Waals surface area contributed by atoms with Gasteiger partial charge in [0.1, 0.15) is 0 Å². The molecule has 0 spiro atoms. The Morgan fingerprint density at radius 1 is 1.21 bits per heavy atom. The van der Waals surface area contributed by atoms with E-state index >= 15 is 0 Å². The van der Waals surface area contributed by atoms with E-state index in [4.69, 9.17) is 0 Å². The molecule has 1 aromatic carbocycles. The van der Waals surface area contributed by atoms with Crippen LogP contribution in [-0.2, 0) is 19.1 Å². The second kappa shape index (κ2) is 6.85. The van der Waals surface area contributed by atoms with Crippen LogP contribution >= 0.6 is 0 Å². The third kappa shape index (κ3) is 3.13. The number of halogens is 3. The molecule has 2 aliphatic heterocycles. The van der Waals surface area contributed by atoms with Crippen molar-refractivity contribution in [3.05, 3.63) is 65.1 Å². The fraction of sp³-hybridized carbons (Fsp3) is 0.409. The molecule has 1 fully saturated rings. The van der Waals surface area contributed by atoms with Crippen LogP contribution in [0, 0.1) is 0 Å². The first kappa shape index (κ1) is 18.6. The number of alkyl halides is 3. The third-order valence-corrected chi connectivity index (χ3v) is 6.30. The van der Waals surface area contributed by atoms with Crippen LogP contribution in [0.3, 0.4) is 0 Å². The zero-order chi connectivity index (χ0) is 20.2. The van der Waals surface area contributed by atoms with Gasteiger partial charge < -0.3 is 9.67 Å². The molecule has 2 aromatic heterocycles. The topological polar surface area (TPSA) is 41.3 Å². The highest BCUT2D eigenvalue weighted by atomic mass is 19.4. The van der Waals surface area contributed by atoms with E-state index in [1.165, 1.54) is 6.07 Å². The summed E-state index contributed by atoms with van der Waals surface area (Å²) < 4.78 is 42.2. The monoisotopic (exact) mass is 401 g/mol. The fourth-order valence-corrected chi connectivity index (χ4v) is 4.98. The highest BCUT2D eigenvalue weighted by Crippen LogP contribution is 2.44. The number of pyridine rings is 1. The molecule has 2 atom stereocenters. The summed E-state index contributed by atoms with van der Waals surface area (Å²) in [5, 5.41) is 11.4. The van der Waals surface area contributed by atoms with Crippen molar-refractivity contribution in [3.8, 4) is 0 Å². The first-order chi connectivity index (χ1) is 13.9. The van der Waals surface area contributed by atoms with E-state index in [2.05, 4.69) is 9.88 Å². The Hall–Kier alpha value is -2.38. The standard InChI is InChI=1S/C22H22F3N3O/c23-22(24,25)15-5-6-17-16(11-15)21-18-4-2-9-27(18)10-7-19(21)28(17)13-20(29)14-3-1-8-26-12-14/h1,3,5-6,8,11-12,18,20,29H,2,4,7,9-10,13H2. The maximum absolute atomic E-state index is 13.4. The predicted octanol–water partition coefficient (Wildman–Crippen LogP) is 4.48. The van der Waals surface area contributed by atoms with Crippen molar-refractivity contribution in [2.75, 3.05) is 13.1 Å². The first-order valence-electron chi connectivity index (χ1n) is 9.98. The summed E-state index contributed by atoms with van der Waals surface area (Å²) in [7, 11) is 0. The number of fused-ring (bicyclic) bond motifs is 5. The van der Waals surface area contributed by atoms with Crippen molar-refractivity contribution in [2.45, 2.75) is 44.1 Å². The van der Waals surface area contributed by atoms with Crippen LogP contribution < -0.4 is 0 Å². The number of aromatic nitrogens is 2. The van der Waals surface area contributed by atoms with E-state index in [9.17, 15) is 18.3 Å². The van der Waals surface area contributed by atoms with E-state index in [0.717, 1.165) is 55.2 Å². The van der Waals surface area contributed by atoms with Gasteiger partial charge in [0.05, 0.1) is 18.2 Å². The van der Waals surface area contributed by atoms with Crippen molar-refractivity contribution in [1.29, 1.82) is 0 Å². The van der Waals surface area contributed by atoms with Gasteiger partial charge in [-0.2, -0.15) is 13.2 Å². The Labute approximate surface area is 166 Å². The molecule has 0 bridgehead atoms. The third-order valence-electron chi connectivity index (χ3n) is 6.30. The van der Waals surface area contributed by atoms with Gasteiger partial charge in [0.15, 0.2) is 0 Å². The maximum Gasteiger partial charge on any atom is 0.416 e. The largest absolute Gasteiger partial charge is 0.416 e. The zero-order valence-corrected chi connectivity index (χ0v) is 15.9. The smallest absolute Gasteiger partial charge is 0.386 e. The second-order valence-corrected chi connectivity index (χ2v) is 7.95. The summed E-state index contributed by atoms with van der Waals surface area (Å²) in [4.78, 5) is 6.44. The molecule has 0 amide bonds. The van der Waals surface area contributed by atoms with E-state index in [1.807, 2.05) is 10.6 Å². The second-order valence-electron chi connectivity index (χ2n) is 7.95. The van der Waals surface area contributed by atoms with Crippen molar-refractivity contribution in [2.24, 2.45) is 0 Å². The lowest BCUT2D eigenvalue weighted by molar-refractivity contribution is -0.137. The number of nitrogens with zero attached hydrogens (tertiary/aromatic N) is 3. The summed E-state index contributed by atoms with van der Waals surface area (Å²) in [5.74, 6) is 0. The van der Waals surface area contributed by atoms with Crippen LogP contribution in [0.2, 0.25) is 0 Å². The Kier molecular flexibility index (Phi) is 4.40. The van der Waals surface area contributed by atoms with Gasteiger partial charge in [-0.05, 0) is 49.2 Å². The Balaban J connectivity index is 1.66. The lowest BCUT2D eigenvalue weighted by Crippen LogP contribution is -2.31.